The van der Waals surface area contributed by atoms with Gasteiger partial charge in [0.2, 0.25) is 5.89 Å². The van der Waals surface area contributed by atoms with Crippen LogP contribution in [0.3, 0.4) is 0 Å². The third kappa shape index (κ3) is 3.61. The lowest BCUT2D eigenvalue weighted by Crippen LogP contribution is -2.10. The summed E-state index contributed by atoms with van der Waals surface area (Å²) in [6.07, 6.45) is 0. The Morgan fingerprint density at radius 2 is 1.21 bits per heavy atom. The lowest BCUT2D eigenvalue weighted by Gasteiger charge is -2.27. The molecule has 0 radical (unpaired) electrons. The summed E-state index contributed by atoms with van der Waals surface area (Å²) in [7, 11) is 0. The Balaban J connectivity index is 1.41. The summed E-state index contributed by atoms with van der Waals surface area (Å²) in [5, 5.41) is 4.75. The first-order valence-corrected chi connectivity index (χ1v) is 13.8. The average Bonchev–Trinajstić information content (AvgIpc) is 3.60. The summed E-state index contributed by atoms with van der Waals surface area (Å²) in [5.74, 6) is 0.630. The molecule has 3 nitrogen and oxygen atoms in total. The fraction of sp³-hybridized carbons (Fsp3) is 0. The number of hydrogen-bond donors (Lipinski definition) is 0. The number of benzene rings is 6. The quantitative estimate of drug-likeness (QED) is 0.232. The molecule has 0 aliphatic carbocycles. The normalized spacial score (nSPS) is 11.6. The molecule has 39 heavy (non-hydrogen) atoms. The number of rotatable bonds is 4. The lowest BCUT2D eigenvalue weighted by molar-refractivity contribution is 0.620. The van der Waals surface area contributed by atoms with E-state index in [9.17, 15) is 0 Å². The van der Waals surface area contributed by atoms with Gasteiger partial charge in [0, 0.05) is 53.9 Å². The fourth-order valence-corrected chi connectivity index (χ4v) is 6.57. The number of hydrogen-bond acceptors (Lipinski definition) is 4. The van der Waals surface area contributed by atoms with Crippen molar-refractivity contribution < 1.29 is 4.42 Å². The van der Waals surface area contributed by atoms with Gasteiger partial charge in [0.05, 0.1) is 5.69 Å². The molecule has 0 bridgehead atoms. The molecule has 0 atom stereocenters. The Morgan fingerprint density at radius 1 is 0.538 bits per heavy atom. The van der Waals surface area contributed by atoms with Gasteiger partial charge in [0.25, 0.3) is 0 Å². The second kappa shape index (κ2) is 8.83. The summed E-state index contributed by atoms with van der Waals surface area (Å²) < 4.78 is 9.00. The first-order valence-electron chi connectivity index (χ1n) is 13.0. The molecule has 184 valence electrons. The average molecular weight is 519 g/mol. The van der Waals surface area contributed by atoms with Gasteiger partial charge in [-0.1, -0.05) is 78.9 Å². The Labute approximate surface area is 229 Å². The maximum absolute atomic E-state index is 6.40. The topological polar surface area (TPSA) is 29.3 Å². The van der Waals surface area contributed by atoms with Crippen LogP contribution in [0.25, 0.3) is 53.5 Å². The molecule has 0 spiro atoms. The highest BCUT2D eigenvalue weighted by Gasteiger charge is 2.21. The van der Waals surface area contributed by atoms with Crippen molar-refractivity contribution >= 4 is 70.4 Å². The van der Waals surface area contributed by atoms with E-state index in [1.165, 1.54) is 20.2 Å². The van der Waals surface area contributed by atoms with Crippen LogP contribution in [0.2, 0.25) is 0 Å². The van der Waals surface area contributed by atoms with Crippen LogP contribution in [0, 0.1) is 0 Å². The summed E-state index contributed by atoms with van der Waals surface area (Å²) >= 11 is 1.84. The first-order chi connectivity index (χ1) is 19.3. The number of nitrogens with zero attached hydrogens (tertiary/aromatic N) is 2. The van der Waals surface area contributed by atoms with E-state index < -0.39 is 0 Å². The third-order valence-electron chi connectivity index (χ3n) is 7.27. The lowest BCUT2D eigenvalue weighted by atomic mass is 10.0. The van der Waals surface area contributed by atoms with Crippen molar-refractivity contribution in [3.8, 4) is 11.5 Å². The van der Waals surface area contributed by atoms with Crippen LogP contribution in [0.5, 0.6) is 0 Å². The maximum Gasteiger partial charge on any atom is 0.227 e. The van der Waals surface area contributed by atoms with Crippen molar-refractivity contribution in [3.63, 3.8) is 0 Å². The van der Waals surface area contributed by atoms with Gasteiger partial charge in [-0.05, 0) is 48.5 Å². The van der Waals surface area contributed by atoms with Crippen molar-refractivity contribution in [1.29, 1.82) is 0 Å². The molecule has 2 heterocycles. The summed E-state index contributed by atoms with van der Waals surface area (Å²) in [4.78, 5) is 7.27. The minimum Gasteiger partial charge on any atom is -0.436 e. The Bertz CT molecular complexity index is 2130. The number of oxazole rings is 1. The molecule has 4 heteroatoms. The number of aromatic nitrogens is 1. The zero-order chi connectivity index (χ0) is 25.8. The van der Waals surface area contributed by atoms with Gasteiger partial charge >= 0.3 is 0 Å². The molecule has 0 aliphatic rings. The largest absolute Gasteiger partial charge is 0.436 e. The third-order valence-corrected chi connectivity index (χ3v) is 8.43. The van der Waals surface area contributed by atoms with Gasteiger partial charge in [-0.2, -0.15) is 0 Å². The number of fused-ring (bicyclic) bond motifs is 6. The molecule has 0 aliphatic heterocycles. The Kier molecular flexibility index (Phi) is 5.00. The summed E-state index contributed by atoms with van der Waals surface area (Å²) in [6.45, 7) is 0. The highest BCUT2D eigenvalue weighted by molar-refractivity contribution is 7.25. The molecular weight excluding hydrogens is 496 g/mol. The van der Waals surface area contributed by atoms with Crippen molar-refractivity contribution in [2.45, 2.75) is 0 Å². The van der Waals surface area contributed by atoms with E-state index in [0.717, 1.165) is 44.5 Å². The summed E-state index contributed by atoms with van der Waals surface area (Å²) in [5.41, 5.74) is 5.85. The monoisotopic (exact) mass is 518 g/mol. The highest BCUT2D eigenvalue weighted by Crippen LogP contribution is 2.44. The van der Waals surface area contributed by atoms with E-state index in [1.54, 1.807) is 0 Å². The Hall–Kier alpha value is -4.93. The second-order valence-electron chi connectivity index (χ2n) is 9.62. The van der Waals surface area contributed by atoms with Crippen LogP contribution in [-0.4, -0.2) is 4.98 Å². The smallest absolute Gasteiger partial charge is 0.227 e. The van der Waals surface area contributed by atoms with E-state index >= 15 is 0 Å². The molecule has 8 aromatic rings. The molecule has 6 aromatic carbocycles. The van der Waals surface area contributed by atoms with Gasteiger partial charge in [-0.3, -0.25) is 0 Å². The summed E-state index contributed by atoms with van der Waals surface area (Å²) in [6, 6.07) is 46.7. The van der Waals surface area contributed by atoms with Crippen LogP contribution in [0.15, 0.2) is 138 Å². The van der Waals surface area contributed by atoms with Gasteiger partial charge in [-0.15, -0.1) is 11.3 Å². The first kappa shape index (κ1) is 22.1. The van der Waals surface area contributed by atoms with Crippen LogP contribution in [0.4, 0.5) is 17.1 Å². The molecule has 0 amide bonds. The van der Waals surface area contributed by atoms with E-state index in [1.807, 2.05) is 41.7 Å². The van der Waals surface area contributed by atoms with Crippen molar-refractivity contribution in [2.75, 3.05) is 4.90 Å². The predicted molar refractivity (Wildman–Crippen MR) is 165 cm³/mol. The highest BCUT2D eigenvalue weighted by atomic mass is 32.1. The zero-order valence-corrected chi connectivity index (χ0v) is 21.7. The van der Waals surface area contributed by atoms with E-state index in [4.69, 9.17) is 9.40 Å². The van der Waals surface area contributed by atoms with Gasteiger partial charge in [-0.25, -0.2) is 4.98 Å². The van der Waals surface area contributed by atoms with Crippen molar-refractivity contribution in [2.24, 2.45) is 0 Å². The minimum atomic E-state index is 0.630. The van der Waals surface area contributed by atoms with Gasteiger partial charge < -0.3 is 9.32 Å². The molecule has 0 unspecified atom stereocenters. The minimum absolute atomic E-state index is 0.630. The van der Waals surface area contributed by atoms with Crippen molar-refractivity contribution in [3.05, 3.63) is 133 Å². The molecule has 2 aromatic heterocycles. The standard InChI is InChI=1S/C35H22N2OS/c1-3-11-23(12-4-1)35-36-34-28-17-8-7-15-26(28)30(22-31(34)38-35)37(24-13-5-2-6-14-24)25-19-20-33-29(21-25)27-16-9-10-18-32(27)39-33/h1-22H. The Morgan fingerprint density at radius 3 is 2.03 bits per heavy atom. The van der Waals surface area contributed by atoms with E-state index in [-0.39, 0.29) is 0 Å². The predicted octanol–water partition coefficient (Wildman–Crippen LogP) is 10.5. The van der Waals surface area contributed by atoms with Crippen molar-refractivity contribution in [1.82, 2.24) is 4.98 Å². The number of anilines is 3. The fourth-order valence-electron chi connectivity index (χ4n) is 5.48. The molecule has 0 saturated carbocycles. The molecule has 0 N–H and O–H groups in total. The van der Waals surface area contributed by atoms with Crippen LogP contribution in [-0.2, 0) is 0 Å². The zero-order valence-electron chi connectivity index (χ0n) is 20.9. The molecule has 0 fully saturated rings. The van der Waals surface area contributed by atoms with E-state index in [0.29, 0.717) is 5.89 Å². The van der Waals surface area contributed by atoms with E-state index in [2.05, 4.69) is 108 Å². The van der Waals surface area contributed by atoms with Gasteiger partial charge in [0.15, 0.2) is 5.58 Å². The SMILES string of the molecule is c1ccc(-c2nc3c(cc(N(c4ccccc4)c4ccc5sc6ccccc6c5c4)c4ccccc43)o2)cc1. The van der Waals surface area contributed by atoms with Crippen LogP contribution in [0.1, 0.15) is 0 Å². The van der Waals surface area contributed by atoms with Gasteiger partial charge in [0.1, 0.15) is 5.52 Å². The van der Waals surface area contributed by atoms with Crippen LogP contribution < -0.4 is 4.90 Å². The maximum atomic E-state index is 6.40. The molecule has 8 rings (SSSR count). The molecule has 0 saturated heterocycles. The second-order valence-corrected chi connectivity index (χ2v) is 10.7. The number of para-hydroxylation sites is 1. The molecular formula is C35H22N2OS. The number of thiophene rings is 1. The van der Waals surface area contributed by atoms with Crippen LogP contribution >= 0.6 is 11.3 Å².